The van der Waals surface area contributed by atoms with Crippen molar-refractivity contribution in [2.75, 3.05) is 25.0 Å². The van der Waals surface area contributed by atoms with E-state index in [0.29, 0.717) is 12.5 Å². The molecule has 0 aromatic heterocycles. The van der Waals surface area contributed by atoms with Crippen molar-refractivity contribution in [2.24, 2.45) is 11.8 Å². The molecule has 0 saturated carbocycles. The standard InChI is InChI=1S/C23H31N3O2/c1-16(2)17(3)24-23(28)19-11-13-26(14-12-19)15-22(27)25-21-10-6-8-18-7-4-5-9-20(18)21/h4-10,16-17,19H,11-15H2,1-3H3,(H,24,28)(H,25,27). The molecule has 150 valence electrons. The van der Waals surface area contributed by atoms with Crippen LogP contribution in [0.15, 0.2) is 42.5 Å². The molecule has 2 amide bonds. The lowest BCUT2D eigenvalue weighted by molar-refractivity contribution is -0.127. The summed E-state index contributed by atoms with van der Waals surface area (Å²) in [7, 11) is 0. The van der Waals surface area contributed by atoms with Gasteiger partial charge in [0.2, 0.25) is 11.8 Å². The molecule has 0 aliphatic carbocycles. The summed E-state index contributed by atoms with van der Waals surface area (Å²) in [6.07, 6.45) is 1.61. The maximum absolute atomic E-state index is 12.5. The molecule has 5 heteroatoms. The summed E-state index contributed by atoms with van der Waals surface area (Å²) < 4.78 is 0. The SMILES string of the molecule is CC(C)C(C)NC(=O)C1CCN(CC(=O)Nc2cccc3ccccc23)CC1. The van der Waals surface area contributed by atoms with Gasteiger partial charge in [0, 0.05) is 23.0 Å². The molecule has 1 fully saturated rings. The van der Waals surface area contributed by atoms with E-state index in [1.165, 1.54) is 0 Å². The fourth-order valence-corrected chi connectivity index (χ4v) is 3.59. The Morgan fingerprint density at radius 3 is 2.43 bits per heavy atom. The second kappa shape index (κ2) is 9.20. The molecule has 0 bridgehead atoms. The predicted molar refractivity (Wildman–Crippen MR) is 114 cm³/mol. The molecular weight excluding hydrogens is 350 g/mol. The number of hydrogen-bond acceptors (Lipinski definition) is 3. The van der Waals surface area contributed by atoms with Gasteiger partial charge in [-0.2, -0.15) is 0 Å². The van der Waals surface area contributed by atoms with Crippen molar-refractivity contribution in [3.8, 4) is 0 Å². The fraction of sp³-hybridized carbons (Fsp3) is 0.478. The number of rotatable bonds is 6. The molecule has 1 saturated heterocycles. The van der Waals surface area contributed by atoms with Gasteiger partial charge in [-0.1, -0.05) is 50.2 Å². The van der Waals surface area contributed by atoms with E-state index < -0.39 is 0 Å². The monoisotopic (exact) mass is 381 g/mol. The van der Waals surface area contributed by atoms with Crippen molar-refractivity contribution in [2.45, 2.75) is 39.7 Å². The molecule has 1 aliphatic heterocycles. The van der Waals surface area contributed by atoms with Crippen molar-refractivity contribution >= 4 is 28.3 Å². The van der Waals surface area contributed by atoms with E-state index in [1.54, 1.807) is 0 Å². The van der Waals surface area contributed by atoms with Crippen molar-refractivity contribution in [3.63, 3.8) is 0 Å². The van der Waals surface area contributed by atoms with Crippen LogP contribution in [0.3, 0.4) is 0 Å². The first-order valence-electron chi connectivity index (χ1n) is 10.2. The zero-order valence-electron chi connectivity index (χ0n) is 17.1. The maximum Gasteiger partial charge on any atom is 0.238 e. The molecule has 1 unspecified atom stereocenters. The lowest BCUT2D eigenvalue weighted by atomic mass is 9.95. The number of piperidine rings is 1. The number of nitrogens with one attached hydrogen (secondary N) is 2. The third-order valence-corrected chi connectivity index (χ3v) is 5.76. The van der Waals surface area contributed by atoms with E-state index in [1.807, 2.05) is 42.5 Å². The van der Waals surface area contributed by atoms with Crippen molar-refractivity contribution in [1.29, 1.82) is 0 Å². The van der Waals surface area contributed by atoms with Gasteiger partial charge in [-0.05, 0) is 50.2 Å². The quantitative estimate of drug-likeness (QED) is 0.803. The lowest BCUT2D eigenvalue weighted by Crippen LogP contribution is -2.45. The highest BCUT2D eigenvalue weighted by molar-refractivity contribution is 6.02. The van der Waals surface area contributed by atoms with E-state index in [2.05, 4.69) is 36.3 Å². The van der Waals surface area contributed by atoms with E-state index in [0.717, 1.165) is 42.4 Å². The number of nitrogens with zero attached hydrogens (tertiary/aromatic N) is 1. The van der Waals surface area contributed by atoms with Gasteiger partial charge in [0.1, 0.15) is 0 Å². The Morgan fingerprint density at radius 1 is 1.04 bits per heavy atom. The van der Waals surface area contributed by atoms with Crippen LogP contribution in [0.5, 0.6) is 0 Å². The van der Waals surface area contributed by atoms with Crippen LogP contribution in [0.1, 0.15) is 33.6 Å². The Morgan fingerprint density at radius 2 is 1.71 bits per heavy atom. The van der Waals surface area contributed by atoms with Crippen LogP contribution in [0.25, 0.3) is 10.8 Å². The van der Waals surface area contributed by atoms with Crippen LogP contribution in [0.2, 0.25) is 0 Å². The van der Waals surface area contributed by atoms with Gasteiger partial charge in [0.05, 0.1) is 6.54 Å². The van der Waals surface area contributed by atoms with E-state index in [-0.39, 0.29) is 23.8 Å². The molecule has 5 nitrogen and oxygen atoms in total. The first kappa shape index (κ1) is 20.3. The lowest BCUT2D eigenvalue weighted by Gasteiger charge is -2.31. The Balaban J connectivity index is 1.49. The molecule has 0 spiro atoms. The highest BCUT2D eigenvalue weighted by atomic mass is 16.2. The van der Waals surface area contributed by atoms with Gasteiger partial charge < -0.3 is 10.6 Å². The number of benzene rings is 2. The fourth-order valence-electron chi connectivity index (χ4n) is 3.59. The third kappa shape index (κ3) is 5.10. The minimum absolute atomic E-state index is 0.00677. The van der Waals surface area contributed by atoms with E-state index >= 15 is 0 Å². The Kier molecular flexibility index (Phi) is 6.68. The van der Waals surface area contributed by atoms with Crippen molar-refractivity contribution < 1.29 is 9.59 Å². The van der Waals surface area contributed by atoms with E-state index in [9.17, 15) is 9.59 Å². The first-order valence-corrected chi connectivity index (χ1v) is 10.2. The average Bonchev–Trinajstić information content (AvgIpc) is 2.68. The summed E-state index contributed by atoms with van der Waals surface area (Å²) in [5.74, 6) is 0.633. The zero-order chi connectivity index (χ0) is 20.1. The largest absolute Gasteiger partial charge is 0.353 e. The molecule has 28 heavy (non-hydrogen) atoms. The first-order chi connectivity index (χ1) is 13.4. The normalized spacial score (nSPS) is 16.9. The summed E-state index contributed by atoms with van der Waals surface area (Å²) >= 11 is 0. The van der Waals surface area contributed by atoms with Gasteiger partial charge in [-0.3, -0.25) is 14.5 Å². The summed E-state index contributed by atoms with van der Waals surface area (Å²) in [4.78, 5) is 27.1. The smallest absolute Gasteiger partial charge is 0.238 e. The van der Waals surface area contributed by atoms with Gasteiger partial charge in [-0.15, -0.1) is 0 Å². The van der Waals surface area contributed by atoms with Crippen LogP contribution in [-0.4, -0.2) is 42.4 Å². The maximum atomic E-state index is 12.5. The summed E-state index contributed by atoms with van der Waals surface area (Å²) in [5.41, 5.74) is 0.847. The molecule has 1 aliphatic rings. The number of hydrogen-bond donors (Lipinski definition) is 2. The van der Waals surface area contributed by atoms with Gasteiger partial charge in [-0.25, -0.2) is 0 Å². The summed E-state index contributed by atoms with van der Waals surface area (Å²) in [5, 5.41) is 8.33. The highest BCUT2D eigenvalue weighted by Gasteiger charge is 2.27. The number of likely N-dealkylation sites (tertiary alicyclic amines) is 1. The third-order valence-electron chi connectivity index (χ3n) is 5.76. The molecule has 2 aromatic carbocycles. The Labute approximate surface area is 167 Å². The minimum Gasteiger partial charge on any atom is -0.353 e. The van der Waals surface area contributed by atoms with Crippen LogP contribution in [0, 0.1) is 11.8 Å². The molecular formula is C23H31N3O2. The van der Waals surface area contributed by atoms with Crippen LogP contribution < -0.4 is 10.6 Å². The number of carbonyl (C=O) groups is 2. The summed E-state index contributed by atoms with van der Waals surface area (Å²) in [6.45, 7) is 8.19. The topological polar surface area (TPSA) is 61.4 Å². The highest BCUT2D eigenvalue weighted by Crippen LogP contribution is 2.23. The molecule has 3 rings (SSSR count). The molecule has 2 aromatic rings. The van der Waals surface area contributed by atoms with Gasteiger partial charge in [0.25, 0.3) is 0 Å². The van der Waals surface area contributed by atoms with Crippen LogP contribution >= 0.6 is 0 Å². The van der Waals surface area contributed by atoms with Crippen molar-refractivity contribution in [1.82, 2.24) is 10.2 Å². The molecule has 0 radical (unpaired) electrons. The summed E-state index contributed by atoms with van der Waals surface area (Å²) in [6, 6.07) is 14.2. The van der Waals surface area contributed by atoms with E-state index in [4.69, 9.17) is 0 Å². The Bertz CT molecular complexity index is 820. The van der Waals surface area contributed by atoms with Crippen LogP contribution in [-0.2, 0) is 9.59 Å². The van der Waals surface area contributed by atoms with Crippen molar-refractivity contribution in [3.05, 3.63) is 42.5 Å². The van der Waals surface area contributed by atoms with Crippen LogP contribution in [0.4, 0.5) is 5.69 Å². The number of fused-ring (bicyclic) bond motifs is 1. The number of amides is 2. The second-order valence-corrected chi connectivity index (χ2v) is 8.17. The average molecular weight is 382 g/mol. The zero-order valence-corrected chi connectivity index (χ0v) is 17.1. The van der Waals surface area contributed by atoms with Gasteiger partial charge >= 0.3 is 0 Å². The molecule has 1 atom stereocenters. The molecule has 1 heterocycles. The van der Waals surface area contributed by atoms with Gasteiger partial charge in [0.15, 0.2) is 0 Å². The molecule has 2 N–H and O–H groups in total. The second-order valence-electron chi connectivity index (χ2n) is 8.17. The number of carbonyl (C=O) groups excluding carboxylic acids is 2. The Hall–Kier alpha value is -2.40. The minimum atomic E-state index is -0.00677. The number of anilines is 1. The predicted octanol–water partition coefficient (Wildman–Crippen LogP) is 3.65.